The summed E-state index contributed by atoms with van der Waals surface area (Å²) in [7, 11) is 0. The maximum atomic E-state index is 12.9. The van der Waals surface area contributed by atoms with Crippen LogP contribution in [0.3, 0.4) is 0 Å². The number of carboxylic acid groups (broad SMARTS) is 1. The topological polar surface area (TPSA) is 219 Å². The number of nitrogens with one attached hydrogen (secondary N) is 1. The largest absolute Gasteiger partial charge is 0.549 e. The lowest BCUT2D eigenvalue weighted by molar-refractivity contribution is -0.682. The minimum absolute atomic E-state index is 0.0555. The van der Waals surface area contributed by atoms with Crippen molar-refractivity contribution < 1.29 is 29.0 Å². The number of thiazole rings is 1. The van der Waals surface area contributed by atoms with E-state index >= 15 is 0 Å². The molecule has 0 bridgehead atoms. The Morgan fingerprint density at radius 3 is 2.89 bits per heavy atom. The molecule has 3 atom stereocenters. The fourth-order valence-electron chi connectivity index (χ4n) is 3.57. The van der Waals surface area contributed by atoms with Gasteiger partial charge in [0.2, 0.25) is 11.7 Å². The summed E-state index contributed by atoms with van der Waals surface area (Å²) >= 11 is 3.48. The van der Waals surface area contributed by atoms with E-state index in [1.165, 1.54) is 33.6 Å². The van der Waals surface area contributed by atoms with Crippen molar-refractivity contribution in [3.05, 3.63) is 23.3 Å². The number of carbonyl (C=O) groups is 3. The van der Waals surface area contributed by atoms with Crippen LogP contribution in [0.5, 0.6) is 0 Å². The number of carboxylic acids is 1. The third-order valence-corrected chi connectivity index (χ3v) is 8.98. The van der Waals surface area contributed by atoms with Crippen molar-refractivity contribution in [2.24, 2.45) is 10.6 Å². The van der Waals surface area contributed by atoms with Gasteiger partial charge in [-0.25, -0.2) is 4.98 Å². The van der Waals surface area contributed by atoms with E-state index < -0.39 is 34.6 Å². The number of β-lactam (4-membered cyclic amide) rings is 1. The average Bonchev–Trinajstić information content (AvgIpc) is 3.28. The van der Waals surface area contributed by atoms with Crippen molar-refractivity contribution in [3.8, 4) is 0 Å². The number of thioether (sulfide) groups is 2. The van der Waals surface area contributed by atoms with Crippen LogP contribution in [0.2, 0.25) is 0 Å². The first-order valence-corrected chi connectivity index (χ1v) is 13.5. The number of aliphatic carboxylic acids is 1. The van der Waals surface area contributed by atoms with Crippen LogP contribution in [0.1, 0.15) is 12.6 Å². The minimum Gasteiger partial charge on any atom is -0.549 e. The second-order valence-electron chi connectivity index (χ2n) is 7.95. The van der Waals surface area contributed by atoms with Crippen LogP contribution in [0, 0.1) is 5.41 Å². The smallest absolute Gasteiger partial charge is 0.384 e. The van der Waals surface area contributed by atoms with Crippen LogP contribution in [0.15, 0.2) is 28.0 Å². The van der Waals surface area contributed by atoms with Gasteiger partial charge < -0.3 is 36.4 Å². The molecular weight excluding hydrogens is 530 g/mol. The number of nitrogens with zero attached hydrogens (tertiary/aromatic N) is 5. The number of rotatable bonds is 9. The monoisotopic (exact) mass is 553 g/mol. The number of hydrogen-bond acceptors (Lipinski definition) is 14. The Hall–Kier alpha value is -3.31. The van der Waals surface area contributed by atoms with Gasteiger partial charge in [0.15, 0.2) is 10.8 Å². The zero-order chi connectivity index (χ0) is 26.0. The molecule has 4 heterocycles. The molecule has 0 radical (unpaired) electrons. The number of fused-ring (bicyclic) bond motifs is 1. The number of hydrogen-bond donors (Lipinski definition) is 4. The van der Waals surface area contributed by atoms with E-state index in [1.54, 1.807) is 12.3 Å². The molecule has 2 aliphatic rings. The second-order valence-corrected chi connectivity index (χ2v) is 10.9. The SMILES string of the molecule is CCON=C(C(=O)NC1C(=O)N2CC(CSc3nc(N)cc[n+]3N)(C(=O)[O-])CS[C@H]12)c1csc(N)n1. The Labute approximate surface area is 217 Å². The summed E-state index contributed by atoms with van der Waals surface area (Å²) in [6, 6.07) is 0.653. The number of nitrogen functional groups attached to an aromatic ring is 3. The molecule has 4 rings (SSSR count). The number of anilines is 2. The van der Waals surface area contributed by atoms with E-state index in [9.17, 15) is 19.5 Å². The predicted octanol–water partition coefficient (Wildman–Crippen LogP) is -2.63. The molecule has 2 aromatic rings. The summed E-state index contributed by atoms with van der Waals surface area (Å²) in [6.45, 7) is 1.85. The standard InChI is InChI=1S/C19H23N9O5S3/c1-2-33-26-11(9-5-34-17(21)23-9)13(29)25-12-14(30)27-6-19(16(31)32,7-35-15(12)27)8-36-18-24-10(20)3-4-28(18)22/h3-5,12,15,20H,2,6-8,22H2,1H3,(H4,21,23,25,29,31,32)/t12?,15-,19?/m1/s1. The van der Waals surface area contributed by atoms with Crippen molar-refractivity contribution >= 4 is 69.3 Å². The molecule has 14 nitrogen and oxygen atoms in total. The third-order valence-electron chi connectivity index (χ3n) is 5.46. The molecular formula is C19H23N9O5S3. The summed E-state index contributed by atoms with van der Waals surface area (Å²) in [5.41, 5.74) is 10.1. The van der Waals surface area contributed by atoms with Crippen molar-refractivity contribution in [2.75, 3.05) is 42.0 Å². The molecule has 7 N–H and O–H groups in total. The van der Waals surface area contributed by atoms with Gasteiger partial charge in [-0.05, 0) is 23.7 Å². The summed E-state index contributed by atoms with van der Waals surface area (Å²) in [5, 5.41) is 20.3. The zero-order valence-corrected chi connectivity index (χ0v) is 21.4. The van der Waals surface area contributed by atoms with Gasteiger partial charge in [0.05, 0.1) is 5.97 Å². The predicted molar refractivity (Wildman–Crippen MR) is 132 cm³/mol. The highest BCUT2D eigenvalue weighted by Gasteiger charge is 2.56. The number of aromatic nitrogens is 3. The molecule has 2 aliphatic heterocycles. The molecule has 17 heteroatoms. The van der Waals surface area contributed by atoms with Crippen molar-refractivity contribution in [2.45, 2.75) is 23.5 Å². The van der Waals surface area contributed by atoms with Gasteiger partial charge in [-0.1, -0.05) is 5.16 Å². The van der Waals surface area contributed by atoms with Crippen molar-refractivity contribution in [1.82, 2.24) is 20.2 Å². The van der Waals surface area contributed by atoms with E-state index in [0.29, 0.717) is 5.16 Å². The molecule has 0 spiro atoms. The molecule has 2 aromatic heterocycles. The number of carbonyl (C=O) groups excluding carboxylic acids is 3. The zero-order valence-electron chi connectivity index (χ0n) is 18.9. The van der Waals surface area contributed by atoms with Crippen LogP contribution < -0.4 is 32.4 Å². The maximum absolute atomic E-state index is 12.9. The fraction of sp³-hybridized carbons (Fsp3) is 0.421. The summed E-state index contributed by atoms with van der Waals surface area (Å²) < 4.78 is 1.24. The normalized spacial score (nSPS) is 23.5. The Morgan fingerprint density at radius 2 is 2.22 bits per heavy atom. The number of amides is 2. The Kier molecular flexibility index (Phi) is 7.41. The van der Waals surface area contributed by atoms with Crippen LogP contribution in [-0.4, -0.2) is 74.4 Å². The lowest BCUT2D eigenvalue weighted by atomic mass is 9.89. The number of oxime groups is 1. The molecule has 2 amide bonds. The van der Waals surface area contributed by atoms with E-state index in [1.807, 2.05) is 0 Å². The van der Waals surface area contributed by atoms with Crippen LogP contribution in [0.25, 0.3) is 0 Å². The molecule has 2 saturated heterocycles. The maximum Gasteiger partial charge on any atom is 0.384 e. The quantitative estimate of drug-likeness (QED) is 0.0477. The Bertz CT molecular complexity index is 1220. The van der Waals surface area contributed by atoms with E-state index in [4.69, 9.17) is 22.1 Å². The fourth-order valence-corrected chi connectivity index (χ4v) is 6.88. The highest BCUT2D eigenvalue weighted by molar-refractivity contribution is 8.00. The molecule has 36 heavy (non-hydrogen) atoms. The molecule has 192 valence electrons. The van der Waals surface area contributed by atoms with E-state index in [2.05, 4.69) is 20.4 Å². The molecule has 0 aliphatic carbocycles. The Morgan fingerprint density at radius 1 is 1.44 bits per heavy atom. The first-order chi connectivity index (χ1) is 17.1. The first-order valence-electron chi connectivity index (χ1n) is 10.6. The van der Waals surface area contributed by atoms with E-state index in [-0.39, 0.29) is 47.0 Å². The molecule has 2 unspecified atom stereocenters. The van der Waals surface area contributed by atoms with Crippen LogP contribution in [0.4, 0.5) is 10.9 Å². The van der Waals surface area contributed by atoms with Crippen LogP contribution in [-0.2, 0) is 19.2 Å². The highest BCUT2D eigenvalue weighted by Crippen LogP contribution is 2.43. The van der Waals surface area contributed by atoms with Crippen molar-refractivity contribution in [1.29, 1.82) is 0 Å². The van der Waals surface area contributed by atoms with Gasteiger partial charge >= 0.3 is 5.16 Å². The highest BCUT2D eigenvalue weighted by atomic mass is 32.2. The van der Waals surface area contributed by atoms with Gasteiger partial charge in [0, 0.05) is 34.9 Å². The third kappa shape index (κ3) is 4.98. The molecule has 0 aromatic carbocycles. The van der Waals surface area contributed by atoms with Gasteiger partial charge in [0.25, 0.3) is 5.91 Å². The van der Waals surface area contributed by atoms with Crippen molar-refractivity contribution in [3.63, 3.8) is 0 Å². The van der Waals surface area contributed by atoms with Gasteiger partial charge in [0.1, 0.15) is 29.9 Å². The van der Waals surface area contributed by atoms with Gasteiger partial charge in [-0.15, -0.1) is 27.8 Å². The minimum atomic E-state index is -1.35. The second kappa shape index (κ2) is 10.4. The number of nitrogens with two attached hydrogens (primary N) is 3. The summed E-state index contributed by atoms with van der Waals surface area (Å²) in [6.07, 6.45) is 1.51. The van der Waals surface area contributed by atoms with Crippen LogP contribution >= 0.6 is 34.9 Å². The lowest BCUT2D eigenvalue weighted by Gasteiger charge is -2.55. The average molecular weight is 554 g/mol. The van der Waals surface area contributed by atoms with Gasteiger partial charge in [-0.2, -0.15) is 0 Å². The molecule has 2 fully saturated rings. The molecule has 0 saturated carbocycles. The van der Waals surface area contributed by atoms with E-state index in [0.717, 1.165) is 23.1 Å². The first kappa shape index (κ1) is 25.8. The lowest BCUT2D eigenvalue weighted by Crippen LogP contribution is -2.75. The van der Waals surface area contributed by atoms with Gasteiger partial charge in [-0.3, -0.25) is 15.4 Å². The Balaban J connectivity index is 1.44. The summed E-state index contributed by atoms with van der Waals surface area (Å²) in [4.78, 5) is 52.6. The summed E-state index contributed by atoms with van der Waals surface area (Å²) in [5.74, 6) is 3.93.